The molecule has 0 saturated heterocycles. The summed E-state index contributed by atoms with van der Waals surface area (Å²) in [6.07, 6.45) is 0. The fourth-order valence-corrected chi connectivity index (χ4v) is 2.62. The van der Waals surface area contributed by atoms with Crippen molar-refractivity contribution in [1.82, 2.24) is 5.32 Å². The number of hydrogen-bond donors (Lipinski definition) is 1. The Morgan fingerprint density at radius 3 is 2.50 bits per heavy atom. The Balaban J connectivity index is 2.31. The minimum atomic E-state index is 0.330. The average Bonchev–Trinajstić information content (AvgIpc) is 2.74. The van der Waals surface area contributed by atoms with E-state index in [2.05, 4.69) is 60.9 Å². The standard InChI is InChI=1S/C14H17NS/c1-3-15-14(12-7-5-4-6-8-12)13-9-11(2)16-10-13/h4-10,14-15H,3H2,1-2H3. The van der Waals surface area contributed by atoms with Crippen LogP contribution in [0.25, 0.3) is 0 Å². The third-order valence-corrected chi connectivity index (χ3v) is 3.50. The molecule has 16 heavy (non-hydrogen) atoms. The van der Waals surface area contributed by atoms with E-state index >= 15 is 0 Å². The lowest BCUT2D eigenvalue weighted by molar-refractivity contribution is 0.632. The molecule has 0 aliphatic heterocycles. The van der Waals surface area contributed by atoms with Gasteiger partial charge in [-0.25, -0.2) is 0 Å². The molecule has 0 bridgehead atoms. The second-order valence-electron chi connectivity index (χ2n) is 3.89. The summed E-state index contributed by atoms with van der Waals surface area (Å²) in [7, 11) is 0. The molecular weight excluding hydrogens is 214 g/mol. The van der Waals surface area contributed by atoms with Crippen LogP contribution in [0.5, 0.6) is 0 Å². The molecule has 0 amide bonds. The molecule has 0 saturated carbocycles. The maximum atomic E-state index is 3.54. The first-order valence-corrected chi connectivity index (χ1v) is 6.52. The molecule has 2 heteroatoms. The molecular formula is C14H17NS. The van der Waals surface area contributed by atoms with E-state index < -0.39 is 0 Å². The molecule has 2 rings (SSSR count). The molecule has 1 aromatic heterocycles. The van der Waals surface area contributed by atoms with Crippen molar-refractivity contribution in [3.63, 3.8) is 0 Å². The van der Waals surface area contributed by atoms with Crippen LogP contribution in [0.4, 0.5) is 0 Å². The van der Waals surface area contributed by atoms with Gasteiger partial charge in [0.15, 0.2) is 0 Å². The summed E-state index contributed by atoms with van der Waals surface area (Å²) in [4.78, 5) is 1.37. The van der Waals surface area contributed by atoms with Crippen LogP contribution in [-0.4, -0.2) is 6.54 Å². The van der Waals surface area contributed by atoms with Gasteiger partial charge in [0.1, 0.15) is 0 Å². The summed E-state index contributed by atoms with van der Waals surface area (Å²) in [5.41, 5.74) is 2.71. The third kappa shape index (κ3) is 2.52. The van der Waals surface area contributed by atoms with E-state index in [-0.39, 0.29) is 0 Å². The predicted octanol–water partition coefficient (Wildman–Crippen LogP) is 3.76. The van der Waals surface area contributed by atoms with Crippen molar-refractivity contribution < 1.29 is 0 Å². The van der Waals surface area contributed by atoms with Gasteiger partial charge in [-0.3, -0.25) is 0 Å². The number of thiophene rings is 1. The Hall–Kier alpha value is -1.12. The van der Waals surface area contributed by atoms with Crippen molar-refractivity contribution in [3.8, 4) is 0 Å². The van der Waals surface area contributed by atoms with Gasteiger partial charge in [-0.05, 0) is 36.0 Å². The van der Waals surface area contributed by atoms with Gasteiger partial charge in [0.2, 0.25) is 0 Å². The van der Waals surface area contributed by atoms with Gasteiger partial charge >= 0.3 is 0 Å². The van der Waals surface area contributed by atoms with Gasteiger partial charge in [-0.2, -0.15) is 0 Å². The highest BCUT2D eigenvalue weighted by atomic mass is 32.1. The average molecular weight is 231 g/mol. The quantitative estimate of drug-likeness (QED) is 0.845. The maximum absolute atomic E-state index is 3.54. The van der Waals surface area contributed by atoms with Crippen molar-refractivity contribution in [2.75, 3.05) is 6.54 Å². The van der Waals surface area contributed by atoms with Crippen LogP contribution in [0.3, 0.4) is 0 Å². The molecule has 1 heterocycles. The molecule has 0 radical (unpaired) electrons. The summed E-state index contributed by atoms with van der Waals surface area (Å²) >= 11 is 1.81. The summed E-state index contributed by atoms with van der Waals surface area (Å²) < 4.78 is 0. The van der Waals surface area contributed by atoms with E-state index in [0.29, 0.717) is 6.04 Å². The van der Waals surface area contributed by atoms with Crippen molar-refractivity contribution >= 4 is 11.3 Å². The van der Waals surface area contributed by atoms with Crippen LogP contribution in [-0.2, 0) is 0 Å². The van der Waals surface area contributed by atoms with Crippen LogP contribution in [0.1, 0.15) is 29.0 Å². The first kappa shape index (κ1) is 11.4. The molecule has 1 atom stereocenters. The van der Waals surface area contributed by atoms with Crippen LogP contribution in [0.15, 0.2) is 41.8 Å². The zero-order valence-electron chi connectivity index (χ0n) is 9.73. The smallest absolute Gasteiger partial charge is 0.0584 e. The fourth-order valence-electron chi connectivity index (χ4n) is 1.89. The SMILES string of the molecule is CCNC(c1ccccc1)c1csc(C)c1. The molecule has 1 aromatic carbocycles. The summed E-state index contributed by atoms with van der Waals surface area (Å²) in [6.45, 7) is 5.28. The normalized spacial score (nSPS) is 12.6. The van der Waals surface area contributed by atoms with Crippen LogP contribution >= 0.6 is 11.3 Å². The van der Waals surface area contributed by atoms with Crippen molar-refractivity contribution in [2.24, 2.45) is 0 Å². The van der Waals surface area contributed by atoms with E-state index in [0.717, 1.165) is 6.54 Å². The van der Waals surface area contributed by atoms with Crippen molar-refractivity contribution in [1.29, 1.82) is 0 Å². The van der Waals surface area contributed by atoms with Gasteiger partial charge in [-0.15, -0.1) is 11.3 Å². The van der Waals surface area contributed by atoms with Gasteiger partial charge < -0.3 is 5.32 Å². The van der Waals surface area contributed by atoms with Crippen LogP contribution in [0.2, 0.25) is 0 Å². The van der Waals surface area contributed by atoms with E-state index in [1.165, 1.54) is 16.0 Å². The molecule has 1 nitrogen and oxygen atoms in total. The third-order valence-electron chi connectivity index (χ3n) is 2.63. The number of nitrogens with one attached hydrogen (secondary N) is 1. The van der Waals surface area contributed by atoms with Gasteiger partial charge in [-0.1, -0.05) is 37.3 Å². The molecule has 0 spiro atoms. The van der Waals surface area contributed by atoms with E-state index in [1.54, 1.807) is 0 Å². The molecule has 0 aliphatic rings. The predicted molar refractivity (Wildman–Crippen MR) is 71.0 cm³/mol. The minimum absolute atomic E-state index is 0.330. The first-order chi connectivity index (χ1) is 7.81. The van der Waals surface area contributed by atoms with Crippen LogP contribution in [0, 0.1) is 6.92 Å². The second-order valence-corrected chi connectivity index (χ2v) is 5.01. The Bertz CT molecular complexity index is 433. The van der Waals surface area contributed by atoms with Gasteiger partial charge in [0, 0.05) is 4.88 Å². The summed E-state index contributed by atoms with van der Waals surface area (Å²) in [6, 6.07) is 13.2. The number of rotatable bonds is 4. The minimum Gasteiger partial charge on any atom is -0.307 e. The topological polar surface area (TPSA) is 12.0 Å². The van der Waals surface area contributed by atoms with E-state index in [9.17, 15) is 0 Å². The molecule has 0 fully saturated rings. The van der Waals surface area contributed by atoms with E-state index in [1.807, 2.05) is 11.3 Å². The Morgan fingerprint density at radius 1 is 1.19 bits per heavy atom. The number of benzene rings is 1. The summed E-state index contributed by atoms with van der Waals surface area (Å²) in [5.74, 6) is 0. The molecule has 1 N–H and O–H groups in total. The summed E-state index contributed by atoms with van der Waals surface area (Å²) in [5, 5.41) is 5.78. The molecule has 1 unspecified atom stereocenters. The molecule has 2 aromatic rings. The van der Waals surface area contributed by atoms with Crippen LogP contribution < -0.4 is 5.32 Å². The highest BCUT2D eigenvalue weighted by Gasteiger charge is 2.13. The van der Waals surface area contributed by atoms with E-state index in [4.69, 9.17) is 0 Å². The lowest BCUT2D eigenvalue weighted by atomic mass is 10.0. The second kappa shape index (κ2) is 5.28. The Kier molecular flexibility index (Phi) is 3.75. The highest BCUT2D eigenvalue weighted by Crippen LogP contribution is 2.25. The number of hydrogen-bond acceptors (Lipinski definition) is 2. The van der Waals surface area contributed by atoms with Gasteiger partial charge in [0.25, 0.3) is 0 Å². The Labute approximate surface area is 101 Å². The zero-order chi connectivity index (χ0) is 11.4. The van der Waals surface area contributed by atoms with Crippen molar-refractivity contribution in [2.45, 2.75) is 19.9 Å². The monoisotopic (exact) mass is 231 g/mol. The number of aryl methyl sites for hydroxylation is 1. The zero-order valence-corrected chi connectivity index (χ0v) is 10.6. The maximum Gasteiger partial charge on any atom is 0.0584 e. The molecule has 0 aliphatic carbocycles. The Morgan fingerprint density at radius 2 is 1.94 bits per heavy atom. The lowest BCUT2D eigenvalue weighted by Gasteiger charge is -2.17. The largest absolute Gasteiger partial charge is 0.307 e. The fraction of sp³-hybridized carbons (Fsp3) is 0.286. The highest BCUT2D eigenvalue weighted by molar-refractivity contribution is 7.10. The first-order valence-electron chi connectivity index (χ1n) is 5.64. The molecule has 84 valence electrons. The van der Waals surface area contributed by atoms with Crippen molar-refractivity contribution in [3.05, 3.63) is 57.8 Å². The van der Waals surface area contributed by atoms with Gasteiger partial charge in [0.05, 0.1) is 6.04 Å². The lowest BCUT2D eigenvalue weighted by Crippen LogP contribution is -2.21.